The van der Waals surface area contributed by atoms with E-state index in [-0.39, 0.29) is 16.8 Å². The van der Waals surface area contributed by atoms with Crippen molar-refractivity contribution in [2.75, 3.05) is 12.0 Å². The zero-order chi connectivity index (χ0) is 21.8. The maximum absolute atomic E-state index is 13.1. The van der Waals surface area contributed by atoms with Crippen molar-refractivity contribution in [2.24, 2.45) is 0 Å². The Balaban J connectivity index is 2.00. The molecule has 1 heterocycles. The Bertz CT molecular complexity index is 1020. The van der Waals surface area contributed by atoms with Crippen LogP contribution in [0.1, 0.15) is 25.8 Å². The van der Waals surface area contributed by atoms with Crippen LogP contribution in [0.15, 0.2) is 48.0 Å². The van der Waals surface area contributed by atoms with Crippen LogP contribution in [-0.2, 0) is 9.59 Å². The number of rotatable bonds is 6. The zero-order valence-electron chi connectivity index (χ0n) is 16.8. The van der Waals surface area contributed by atoms with Crippen LogP contribution < -0.4 is 19.7 Å². The highest BCUT2D eigenvalue weighted by molar-refractivity contribution is 7.80. The minimum absolute atomic E-state index is 0.0289. The smallest absolute Gasteiger partial charge is 0.270 e. The van der Waals surface area contributed by atoms with Crippen molar-refractivity contribution in [3.8, 4) is 11.5 Å². The number of carbonyl (C=O) groups excluding carboxylic acids is 2. The monoisotopic (exact) mass is 444 g/mol. The van der Waals surface area contributed by atoms with E-state index < -0.39 is 11.8 Å². The number of para-hydroxylation sites is 1. The summed E-state index contributed by atoms with van der Waals surface area (Å²) < 4.78 is 11.3. The van der Waals surface area contributed by atoms with Crippen LogP contribution >= 0.6 is 23.8 Å². The first kappa shape index (κ1) is 21.8. The predicted octanol–water partition coefficient (Wildman–Crippen LogP) is 4.36. The largest absolute Gasteiger partial charge is 0.493 e. The Labute approximate surface area is 185 Å². The number of nitrogens with zero attached hydrogens (tertiary/aromatic N) is 1. The molecule has 156 valence electrons. The van der Waals surface area contributed by atoms with Gasteiger partial charge in [-0.15, -0.1) is 0 Å². The van der Waals surface area contributed by atoms with Gasteiger partial charge in [-0.2, -0.15) is 0 Å². The molecule has 0 radical (unpaired) electrons. The van der Waals surface area contributed by atoms with Gasteiger partial charge in [-0.3, -0.25) is 19.8 Å². The van der Waals surface area contributed by atoms with E-state index in [1.54, 1.807) is 36.4 Å². The number of hydrogen-bond acceptors (Lipinski definition) is 5. The van der Waals surface area contributed by atoms with Crippen LogP contribution in [0.25, 0.3) is 6.08 Å². The van der Waals surface area contributed by atoms with Gasteiger partial charge in [-0.25, -0.2) is 0 Å². The van der Waals surface area contributed by atoms with Gasteiger partial charge >= 0.3 is 0 Å². The van der Waals surface area contributed by atoms with E-state index in [1.165, 1.54) is 18.1 Å². The first-order chi connectivity index (χ1) is 14.3. The molecule has 1 aliphatic rings. The maximum Gasteiger partial charge on any atom is 0.270 e. The van der Waals surface area contributed by atoms with Crippen LogP contribution in [0.5, 0.6) is 11.5 Å². The highest BCUT2D eigenvalue weighted by atomic mass is 35.5. The van der Waals surface area contributed by atoms with Crippen molar-refractivity contribution in [3.05, 3.63) is 58.6 Å². The van der Waals surface area contributed by atoms with Gasteiger partial charge in [0.1, 0.15) is 5.57 Å². The van der Waals surface area contributed by atoms with E-state index in [0.29, 0.717) is 27.8 Å². The number of amides is 2. The lowest BCUT2D eigenvalue weighted by molar-refractivity contribution is -0.122. The fourth-order valence-electron chi connectivity index (χ4n) is 2.86. The number of thiocarbonyl (C=S) groups is 1. The van der Waals surface area contributed by atoms with Crippen molar-refractivity contribution in [3.63, 3.8) is 0 Å². The molecule has 0 saturated carbocycles. The second-order valence-electron chi connectivity index (χ2n) is 6.66. The molecule has 0 aromatic heterocycles. The number of anilines is 1. The lowest BCUT2D eigenvalue weighted by Gasteiger charge is -2.28. The number of hydrogen-bond donors (Lipinski definition) is 1. The second kappa shape index (κ2) is 9.28. The molecule has 0 aliphatic carbocycles. The van der Waals surface area contributed by atoms with Crippen LogP contribution in [0, 0.1) is 0 Å². The SMILES string of the molecule is CCC(C)Oc1c(Cl)cc(C=C2C(=O)NC(=S)N(c3ccccc3)C2=O)cc1OC. The van der Waals surface area contributed by atoms with Crippen molar-refractivity contribution >= 4 is 52.5 Å². The van der Waals surface area contributed by atoms with E-state index in [4.69, 9.17) is 33.3 Å². The maximum atomic E-state index is 13.1. The summed E-state index contributed by atoms with van der Waals surface area (Å²) >= 11 is 11.6. The summed E-state index contributed by atoms with van der Waals surface area (Å²) in [6, 6.07) is 12.2. The van der Waals surface area contributed by atoms with Gasteiger partial charge in [0, 0.05) is 0 Å². The lowest BCUT2D eigenvalue weighted by Crippen LogP contribution is -2.54. The molecular weight excluding hydrogens is 424 g/mol. The fraction of sp³-hybridized carbons (Fsp3) is 0.227. The molecule has 1 unspecified atom stereocenters. The van der Waals surface area contributed by atoms with Crippen molar-refractivity contribution in [1.82, 2.24) is 5.32 Å². The Morgan fingerprint density at radius 1 is 1.23 bits per heavy atom. The van der Waals surface area contributed by atoms with Crippen LogP contribution in [0.3, 0.4) is 0 Å². The van der Waals surface area contributed by atoms with Gasteiger partial charge in [0.2, 0.25) is 0 Å². The standard InChI is InChI=1S/C22H21ClN2O4S/c1-4-13(2)29-19-17(23)11-14(12-18(19)28-3)10-16-20(26)24-22(30)25(21(16)27)15-8-6-5-7-9-15/h5-13H,4H2,1-3H3,(H,24,26,30). The minimum atomic E-state index is -0.577. The molecule has 2 aromatic rings. The van der Waals surface area contributed by atoms with Gasteiger partial charge in [0.25, 0.3) is 11.8 Å². The van der Waals surface area contributed by atoms with Gasteiger partial charge in [0.15, 0.2) is 16.6 Å². The van der Waals surface area contributed by atoms with E-state index in [0.717, 1.165) is 6.42 Å². The molecule has 1 aliphatic heterocycles. The summed E-state index contributed by atoms with van der Waals surface area (Å²) in [5.41, 5.74) is 1.01. The number of ether oxygens (including phenoxy) is 2. The zero-order valence-corrected chi connectivity index (χ0v) is 18.3. The molecule has 6 nitrogen and oxygen atoms in total. The van der Waals surface area contributed by atoms with Crippen LogP contribution in [0.4, 0.5) is 5.69 Å². The van der Waals surface area contributed by atoms with E-state index in [2.05, 4.69) is 5.32 Å². The molecule has 0 spiro atoms. The number of carbonyl (C=O) groups is 2. The quantitative estimate of drug-likeness (QED) is 0.407. The van der Waals surface area contributed by atoms with Gasteiger partial charge in [-0.05, 0) is 61.5 Å². The Morgan fingerprint density at radius 2 is 1.93 bits per heavy atom. The van der Waals surface area contributed by atoms with Crippen molar-refractivity contribution < 1.29 is 19.1 Å². The third kappa shape index (κ3) is 4.47. The molecule has 2 amide bonds. The summed E-state index contributed by atoms with van der Waals surface area (Å²) in [6.07, 6.45) is 2.21. The van der Waals surface area contributed by atoms with Crippen LogP contribution in [0.2, 0.25) is 5.02 Å². The molecule has 1 atom stereocenters. The van der Waals surface area contributed by atoms with Crippen molar-refractivity contribution in [1.29, 1.82) is 0 Å². The summed E-state index contributed by atoms with van der Waals surface area (Å²) in [7, 11) is 1.50. The molecule has 2 aromatic carbocycles. The first-order valence-corrected chi connectivity index (χ1v) is 10.1. The van der Waals surface area contributed by atoms with Crippen molar-refractivity contribution in [2.45, 2.75) is 26.4 Å². The van der Waals surface area contributed by atoms with Gasteiger partial charge < -0.3 is 9.47 Å². The fourth-order valence-corrected chi connectivity index (χ4v) is 3.40. The molecule has 3 rings (SSSR count). The lowest BCUT2D eigenvalue weighted by atomic mass is 10.1. The molecular formula is C22H21ClN2O4S. The van der Waals surface area contributed by atoms with E-state index in [9.17, 15) is 9.59 Å². The third-order valence-electron chi connectivity index (χ3n) is 4.57. The van der Waals surface area contributed by atoms with Gasteiger partial charge in [0.05, 0.1) is 23.9 Å². The summed E-state index contributed by atoms with van der Waals surface area (Å²) in [4.78, 5) is 26.8. The summed E-state index contributed by atoms with van der Waals surface area (Å²) in [5, 5.41) is 2.91. The average molecular weight is 445 g/mol. The molecule has 0 bridgehead atoms. The Morgan fingerprint density at radius 3 is 2.57 bits per heavy atom. The molecule has 1 saturated heterocycles. The number of nitrogens with one attached hydrogen (secondary N) is 1. The third-order valence-corrected chi connectivity index (χ3v) is 5.14. The minimum Gasteiger partial charge on any atom is -0.493 e. The summed E-state index contributed by atoms with van der Waals surface area (Å²) in [6.45, 7) is 3.93. The Hall–Kier alpha value is -2.90. The Kier molecular flexibility index (Phi) is 6.74. The van der Waals surface area contributed by atoms with Gasteiger partial charge in [-0.1, -0.05) is 36.7 Å². The topological polar surface area (TPSA) is 67.9 Å². The molecule has 30 heavy (non-hydrogen) atoms. The predicted molar refractivity (Wildman–Crippen MR) is 121 cm³/mol. The molecule has 1 N–H and O–H groups in total. The van der Waals surface area contributed by atoms with E-state index in [1.807, 2.05) is 19.9 Å². The molecule has 1 fully saturated rings. The number of benzene rings is 2. The molecule has 8 heteroatoms. The van der Waals surface area contributed by atoms with Crippen LogP contribution in [-0.4, -0.2) is 30.1 Å². The number of halogens is 1. The number of methoxy groups -OCH3 is 1. The average Bonchev–Trinajstić information content (AvgIpc) is 2.73. The summed E-state index contributed by atoms with van der Waals surface area (Å²) in [5.74, 6) is -0.270. The van der Waals surface area contributed by atoms with E-state index >= 15 is 0 Å². The highest BCUT2D eigenvalue weighted by Gasteiger charge is 2.34. The normalized spacial score (nSPS) is 16.5. The first-order valence-electron chi connectivity index (χ1n) is 9.36. The highest BCUT2D eigenvalue weighted by Crippen LogP contribution is 2.38. The second-order valence-corrected chi connectivity index (χ2v) is 7.46.